The zero-order chi connectivity index (χ0) is 14.5. The van der Waals surface area contributed by atoms with Crippen LogP contribution in [-0.4, -0.2) is 32.8 Å². The zero-order valence-corrected chi connectivity index (χ0v) is 15.7. The van der Waals surface area contributed by atoms with E-state index in [2.05, 4.69) is 37.6 Å². The third kappa shape index (κ3) is 4.92. The number of aliphatic imine (C=N–C) groups is 1. The van der Waals surface area contributed by atoms with Crippen LogP contribution in [0.4, 0.5) is 0 Å². The van der Waals surface area contributed by atoms with Crippen molar-refractivity contribution in [1.82, 2.24) is 30.4 Å². The molecule has 0 saturated heterocycles. The number of aryl methyl sites for hydroxylation is 3. The highest BCUT2D eigenvalue weighted by atomic mass is 127. The topological polar surface area (TPSA) is 80.0 Å². The van der Waals surface area contributed by atoms with Crippen LogP contribution in [0.3, 0.4) is 0 Å². The van der Waals surface area contributed by atoms with Gasteiger partial charge in [0.15, 0.2) is 5.96 Å². The van der Waals surface area contributed by atoms with E-state index >= 15 is 0 Å². The summed E-state index contributed by atoms with van der Waals surface area (Å²) in [6.07, 6.45) is 1.54. The SMILES string of the molecule is CN=C(NCc1nc(C)c(C)s1)NCc1ncnn1C.I. The van der Waals surface area contributed by atoms with Crippen molar-refractivity contribution in [3.05, 3.63) is 27.7 Å². The van der Waals surface area contributed by atoms with Crippen LogP contribution in [0.2, 0.25) is 0 Å². The van der Waals surface area contributed by atoms with Gasteiger partial charge in [0, 0.05) is 19.0 Å². The summed E-state index contributed by atoms with van der Waals surface area (Å²) in [5.41, 5.74) is 1.09. The van der Waals surface area contributed by atoms with Gasteiger partial charge in [0.05, 0.1) is 18.8 Å². The van der Waals surface area contributed by atoms with Gasteiger partial charge in [0.2, 0.25) is 0 Å². The van der Waals surface area contributed by atoms with Gasteiger partial charge in [-0.1, -0.05) is 0 Å². The quantitative estimate of drug-likeness (QED) is 0.443. The van der Waals surface area contributed by atoms with Gasteiger partial charge in [-0.15, -0.1) is 35.3 Å². The molecule has 0 fully saturated rings. The number of rotatable bonds is 4. The zero-order valence-electron chi connectivity index (χ0n) is 12.5. The Kier molecular flexibility index (Phi) is 7.02. The predicted molar refractivity (Wildman–Crippen MR) is 95.0 cm³/mol. The number of aromatic nitrogens is 4. The fraction of sp³-hybridized carbons (Fsp3) is 0.500. The van der Waals surface area contributed by atoms with Gasteiger partial charge in [-0.25, -0.2) is 9.97 Å². The minimum atomic E-state index is 0. The van der Waals surface area contributed by atoms with Gasteiger partial charge >= 0.3 is 0 Å². The molecule has 7 nitrogen and oxygen atoms in total. The maximum atomic E-state index is 4.49. The number of nitrogens with one attached hydrogen (secondary N) is 2. The Morgan fingerprint density at radius 1 is 1.33 bits per heavy atom. The molecule has 0 spiro atoms. The number of nitrogens with zero attached hydrogens (tertiary/aromatic N) is 5. The summed E-state index contributed by atoms with van der Waals surface area (Å²) in [7, 11) is 3.60. The lowest BCUT2D eigenvalue weighted by atomic mass is 10.4. The number of thiazole rings is 1. The molecule has 2 aromatic rings. The molecular weight excluding hydrogens is 401 g/mol. The first-order valence-corrected chi connectivity index (χ1v) is 7.12. The molecule has 21 heavy (non-hydrogen) atoms. The van der Waals surface area contributed by atoms with Crippen LogP contribution < -0.4 is 10.6 Å². The molecule has 2 N–H and O–H groups in total. The summed E-state index contributed by atoms with van der Waals surface area (Å²) in [6, 6.07) is 0. The molecule has 116 valence electrons. The normalized spacial score (nSPS) is 11.1. The summed E-state index contributed by atoms with van der Waals surface area (Å²) in [5.74, 6) is 1.58. The van der Waals surface area contributed by atoms with Crippen molar-refractivity contribution in [2.75, 3.05) is 7.05 Å². The van der Waals surface area contributed by atoms with Crippen molar-refractivity contribution in [3.63, 3.8) is 0 Å². The Morgan fingerprint density at radius 2 is 2.05 bits per heavy atom. The lowest BCUT2D eigenvalue weighted by Gasteiger charge is -2.10. The number of guanidine groups is 1. The average Bonchev–Trinajstić information content (AvgIpc) is 2.97. The Balaban J connectivity index is 0.00000220. The van der Waals surface area contributed by atoms with Gasteiger partial charge < -0.3 is 10.6 Å². The first kappa shape index (κ1) is 17.8. The first-order valence-electron chi connectivity index (χ1n) is 6.30. The molecule has 2 rings (SSSR count). The highest BCUT2D eigenvalue weighted by Gasteiger charge is 2.06. The minimum absolute atomic E-state index is 0. The van der Waals surface area contributed by atoms with E-state index in [0.29, 0.717) is 13.1 Å². The van der Waals surface area contributed by atoms with E-state index < -0.39 is 0 Å². The van der Waals surface area contributed by atoms with Crippen molar-refractivity contribution in [2.24, 2.45) is 12.0 Å². The highest BCUT2D eigenvalue weighted by molar-refractivity contribution is 14.0. The third-order valence-electron chi connectivity index (χ3n) is 2.92. The van der Waals surface area contributed by atoms with Gasteiger partial charge in [-0.05, 0) is 13.8 Å². The smallest absolute Gasteiger partial charge is 0.191 e. The minimum Gasteiger partial charge on any atom is -0.350 e. The Labute approximate surface area is 145 Å². The largest absolute Gasteiger partial charge is 0.350 e. The average molecular weight is 421 g/mol. The Morgan fingerprint density at radius 3 is 2.57 bits per heavy atom. The molecule has 0 bridgehead atoms. The molecule has 0 aromatic carbocycles. The summed E-state index contributed by atoms with van der Waals surface area (Å²) >= 11 is 1.70. The fourth-order valence-electron chi connectivity index (χ4n) is 1.64. The van der Waals surface area contributed by atoms with Crippen molar-refractivity contribution in [1.29, 1.82) is 0 Å². The summed E-state index contributed by atoms with van der Waals surface area (Å²) in [5, 5.41) is 11.5. The highest BCUT2D eigenvalue weighted by Crippen LogP contribution is 2.15. The lowest BCUT2D eigenvalue weighted by molar-refractivity contribution is 0.672. The molecule has 0 unspecified atom stereocenters. The molecule has 0 saturated carbocycles. The Hall–Kier alpha value is -1.23. The molecule has 0 amide bonds. The second-order valence-corrected chi connectivity index (χ2v) is 5.62. The molecule has 0 radical (unpaired) electrons. The van der Waals surface area contributed by atoms with Crippen LogP contribution in [0.15, 0.2) is 11.3 Å². The summed E-state index contributed by atoms with van der Waals surface area (Å²) < 4.78 is 1.73. The van der Waals surface area contributed by atoms with Gasteiger partial charge in [-0.3, -0.25) is 9.67 Å². The molecule has 0 aliphatic heterocycles. The van der Waals surface area contributed by atoms with E-state index in [1.807, 2.05) is 14.0 Å². The van der Waals surface area contributed by atoms with Gasteiger partial charge in [0.1, 0.15) is 17.2 Å². The molecule has 0 aliphatic rings. The molecule has 9 heteroatoms. The fourth-order valence-corrected chi connectivity index (χ4v) is 2.51. The van der Waals surface area contributed by atoms with Crippen LogP contribution >= 0.6 is 35.3 Å². The number of hydrogen-bond donors (Lipinski definition) is 2. The van der Waals surface area contributed by atoms with E-state index in [9.17, 15) is 0 Å². The molecular formula is C12H20IN7S. The Bertz CT molecular complexity index is 585. The van der Waals surface area contributed by atoms with E-state index in [4.69, 9.17) is 0 Å². The first-order chi connectivity index (χ1) is 9.60. The van der Waals surface area contributed by atoms with E-state index in [1.54, 1.807) is 23.1 Å². The maximum Gasteiger partial charge on any atom is 0.191 e. The van der Waals surface area contributed by atoms with Crippen LogP contribution in [0.5, 0.6) is 0 Å². The van der Waals surface area contributed by atoms with Crippen LogP contribution in [0.1, 0.15) is 21.4 Å². The molecule has 2 aromatic heterocycles. The van der Waals surface area contributed by atoms with Crippen LogP contribution in [0, 0.1) is 13.8 Å². The lowest BCUT2D eigenvalue weighted by Crippen LogP contribution is -2.36. The second-order valence-electron chi connectivity index (χ2n) is 4.33. The van der Waals surface area contributed by atoms with Crippen molar-refractivity contribution < 1.29 is 0 Å². The molecule has 0 aliphatic carbocycles. The predicted octanol–water partition coefficient (Wildman–Crippen LogP) is 1.37. The third-order valence-corrected chi connectivity index (χ3v) is 4.00. The number of hydrogen-bond acceptors (Lipinski definition) is 5. The van der Waals surface area contributed by atoms with E-state index in [1.165, 1.54) is 11.2 Å². The summed E-state index contributed by atoms with van der Waals surface area (Å²) in [6.45, 7) is 5.35. The molecule has 2 heterocycles. The maximum absolute atomic E-state index is 4.49. The standard InChI is InChI=1S/C12H19N7S.HI/c1-8-9(2)20-11(18-8)6-15-12(13-3)14-5-10-16-7-17-19(10)4;/h7H,5-6H2,1-4H3,(H2,13,14,15);1H. The van der Waals surface area contributed by atoms with Gasteiger partial charge in [-0.2, -0.15) is 5.10 Å². The van der Waals surface area contributed by atoms with E-state index in [0.717, 1.165) is 22.5 Å². The van der Waals surface area contributed by atoms with E-state index in [-0.39, 0.29) is 24.0 Å². The summed E-state index contributed by atoms with van der Waals surface area (Å²) in [4.78, 5) is 14.1. The van der Waals surface area contributed by atoms with Crippen molar-refractivity contribution in [2.45, 2.75) is 26.9 Å². The van der Waals surface area contributed by atoms with Crippen LogP contribution in [-0.2, 0) is 20.1 Å². The van der Waals surface area contributed by atoms with Crippen molar-refractivity contribution in [3.8, 4) is 0 Å². The van der Waals surface area contributed by atoms with Crippen LogP contribution in [0.25, 0.3) is 0 Å². The monoisotopic (exact) mass is 421 g/mol. The van der Waals surface area contributed by atoms with Gasteiger partial charge in [0.25, 0.3) is 0 Å². The molecule has 0 atom stereocenters. The number of halogens is 1. The second kappa shape index (κ2) is 8.27. The van der Waals surface area contributed by atoms with Crippen molar-refractivity contribution >= 4 is 41.3 Å².